The molecule has 0 aromatic heterocycles. The van der Waals surface area contributed by atoms with Crippen molar-refractivity contribution in [3.63, 3.8) is 0 Å². The van der Waals surface area contributed by atoms with E-state index in [2.05, 4.69) is 12.1 Å². The normalized spacial score (nSPS) is 19.1. The first-order valence-corrected chi connectivity index (χ1v) is 9.04. The van der Waals surface area contributed by atoms with E-state index in [0.29, 0.717) is 18.8 Å². The molecule has 1 aromatic carbocycles. The second kappa shape index (κ2) is 6.59. The summed E-state index contributed by atoms with van der Waals surface area (Å²) in [5.74, 6) is 2.36. The lowest BCUT2D eigenvalue weighted by Gasteiger charge is -2.13. The maximum Gasteiger partial charge on any atom is 0.214 e. The van der Waals surface area contributed by atoms with Gasteiger partial charge in [-0.15, -0.1) is 0 Å². The highest BCUT2D eigenvalue weighted by Crippen LogP contribution is 2.16. The van der Waals surface area contributed by atoms with Crippen LogP contribution in [0.5, 0.6) is 0 Å². The third-order valence-electron chi connectivity index (χ3n) is 3.01. The number of hydrogen-bond acceptors (Lipinski definition) is 3. The first kappa shape index (κ1) is 13.9. The van der Waals surface area contributed by atoms with Crippen LogP contribution in [-0.4, -0.2) is 37.3 Å². The third kappa shape index (κ3) is 4.00. The molecule has 100 valence electrons. The van der Waals surface area contributed by atoms with Gasteiger partial charge in [0.2, 0.25) is 10.0 Å². The second-order valence-corrected chi connectivity index (χ2v) is 7.65. The maximum absolute atomic E-state index is 11.6. The Bertz CT molecular complexity index is 459. The van der Waals surface area contributed by atoms with Crippen LogP contribution in [0.4, 0.5) is 0 Å². The lowest BCUT2D eigenvalue weighted by atomic mass is 10.2. The summed E-state index contributed by atoms with van der Waals surface area (Å²) in [6.07, 6.45) is 1.73. The summed E-state index contributed by atoms with van der Waals surface area (Å²) in [4.78, 5) is 0. The molecular formula is C13H19NO2S2. The van der Waals surface area contributed by atoms with Gasteiger partial charge in [-0.25, -0.2) is 12.7 Å². The Morgan fingerprint density at radius 1 is 1.22 bits per heavy atom. The van der Waals surface area contributed by atoms with Crippen molar-refractivity contribution in [3.05, 3.63) is 35.9 Å². The van der Waals surface area contributed by atoms with Crippen LogP contribution >= 0.6 is 11.8 Å². The molecule has 3 nitrogen and oxygen atoms in total. The van der Waals surface area contributed by atoms with Crippen LogP contribution < -0.4 is 0 Å². The molecule has 1 aromatic rings. The van der Waals surface area contributed by atoms with E-state index in [4.69, 9.17) is 0 Å². The van der Waals surface area contributed by atoms with Crippen LogP contribution in [0.2, 0.25) is 0 Å². The smallest absolute Gasteiger partial charge is 0.212 e. The molecule has 0 aliphatic carbocycles. The van der Waals surface area contributed by atoms with Gasteiger partial charge in [0.05, 0.1) is 5.75 Å². The van der Waals surface area contributed by atoms with Gasteiger partial charge in [-0.3, -0.25) is 0 Å². The molecule has 0 spiro atoms. The van der Waals surface area contributed by atoms with Crippen molar-refractivity contribution in [2.45, 2.75) is 18.6 Å². The van der Waals surface area contributed by atoms with Crippen molar-refractivity contribution in [2.75, 3.05) is 24.6 Å². The standard InChI is InChI=1S/C13H19NO2S2/c15-18(16)11-5-9-14(18)8-4-10-17-12-13-6-2-1-3-7-13/h1-3,6-7H,4-5,8-12H2. The Morgan fingerprint density at radius 2 is 2.00 bits per heavy atom. The van der Waals surface area contributed by atoms with Crippen molar-refractivity contribution in [1.82, 2.24) is 4.31 Å². The quantitative estimate of drug-likeness (QED) is 0.753. The van der Waals surface area contributed by atoms with Crippen LogP contribution in [0, 0.1) is 0 Å². The third-order valence-corrected chi connectivity index (χ3v) is 6.08. The van der Waals surface area contributed by atoms with Crippen molar-refractivity contribution in [2.24, 2.45) is 0 Å². The molecule has 1 fully saturated rings. The van der Waals surface area contributed by atoms with Crippen LogP contribution in [0.3, 0.4) is 0 Å². The fourth-order valence-corrected chi connectivity index (χ4v) is 4.52. The summed E-state index contributed by atoms with van der Waals surface area (Å²) in [7, 11) is -2.90. The highest BCUT2D eigenvalue weighted by Gasteiger charge is 2.27. The zero-order valence-corrected chi connectivity index (χ0v) is 12.0. The van der Waals surface area contributed by atoms with Gasteiger partial charge in [0.25, 0.3) is 0 Å². The van der Waals surface area contributed by atoms with Gasteiger partial charge in [-0.1, -0.05) is 30.3 Å². The monoisotopic (exact) mass is 285 g/mol. The summed E-state index contributed by atoms with van der Waals surface area (Å²) < 4.78 is 24.8. The molecule has 1 heterocycles. The van der Waals surface area contributed by atoms with Crippen LogP contribution in [0.25, 0.3) is 0 Å². The van der Waals surface area contributed by atoms with Gasteiger partial charge in [0.15, 0.2) is 0 Å². The number of nitrogens with zero attached hydrogens (tertiary/aromatic N) is 1. The number of hydrogen-bond donors (Lipinski definition) is 0. The number of thioether (sulfide) groups is 1. The minimum Gasteiger partial charge on any atom is -0.212 e. The SMILES string of the molecule is O=S1(=O)CCCN1CCCSCc1ccccc1. The van der Waals surface area contributed by atoms with Crippen LogP contribution in [-0.2, 0) is 15.8 Å². The van der Waals surface area contributed by atoms with E-state index in [1.807, 2.05) is 30.0 Å². The van der Waals surface area contributed by atoms with Crippen molar-refractivity contribution < 1.29 is 8.42 Å². The van der Waals surface area contributed by atoms with Gasteiger partial charge >= 0.3 is 0 Å². The van der Waals surface area contributed by atoms with E-state index in [0.717, 1.165) is 24.3 Å². The Hall–Kier alpha value is -0.520. The molecule has 1 saturated heterocycles. The molecule has 0 bridgehead atoms. The molecular weight excluding hydrogens is 266 g/mol. The summed E-state index contributed by atoms with van der Waals surface area (Å²) in [5.41, 5.74) is 1.33. The van der Waals surface area contributed by atoms with Crippen LogP contribution in [0.1, 0.15) is 18.4 Å². The first-order valence-electron chi connectivity index (χ1n) is 6.28. The Kier molecular flexibility index (Phi) is 5.09. The Morgan fingerprint density at radius 3 is 2.67 bits per heavy atom. The predicted octanol–water partition coefficient (Wildman–Crippen LogP) is 2.35. The molecule has 0 saturated carbocycles. The van der Waals surface area contributed by atoms with Gasteiger partial charge in [0.1, 0.15) is 0 Å². The van der Waals surface area contributed by atoms with E-state index in [1.165, 1.54) is 5.56 Å². The molecule has 5 heteroatoms. The van der Waals surface area contributed by atoms with Crippen molar-refractivity contribution >= 4 is 21.8 Å². The summed E-state index contributed by atoms with van der Waals surface area (Å²) in [6, 6.07) is 10.4. The van der Waals surface area contributed by atoms with Gasteiger partial charge in [-0.2, -0.15) is 11.8 Å². The lowest BCUT2D eigenvalue weighted by molar-refractivity contribution is 0.444. The Balaban J connectivity index is 1.62. The highest BCUT2D eigenvalue weighted by atomic mass is 32.2. The molecule has 0 unspecified atom stereocenters. The van der Waals surface area contributed by atoms with Gasteiger partial charge < -0.3 is 0 Å². The largest absolute Gasteiger partial charge is 0.214 e. The Labute approximate surface area is 114 Å². The summed E-state index contributed by atoms with van der Waals surface area (Å²) in [5, 5.41) is 0. The fourth-order valence-electron chi connectivity index (χ4n) is 2.05. The topological polar surface area (TPSA) is 37.4 Å². The van der Waals surface area contributed by atoms with Crippen molar-refractivity contribution in [3.8, 4) is 0 Å². The van der Waals surface area contributed by atoms with E-state index < -0.39 is 10.0 Å². The van der Waals surface area contributed by atoms with E-state index in [9.17, 15) is 8.42 Å². The number of sulfonamides is 1. The summed E-state index contributed by atoms with van der Waals surface area (Å²) in [6.45, 7) is 1.40. The molecule has 0 N–H and O–H groups in total. The summed E-state index contributed by atoms with van der Waals surface area (Å²) >= 11 is 1.87. The lowest BCUT2D eigenvalue weighted by Crippen LogP contribution is -2.27. The van der Waals surface area contributed by atoms with Crippen LogP contribution in [0.15, 0.2) is 30.3 Å². The maximum atomic E-state index is 11.6. The highest BCUT2D eigenvalue weighted by molar-refractivity contribution is 7.98. The molecule has 1 aliphatic rings. The van der Waals surface area contributed by atoms with Crippen molar-refractivity contribution in [1.29, 1.82) is 0 Å². The molecule has 2 rings (SSSR count). The van der Waals surface area contributed by atoms with E-state index >= 15 is 0 Å². The number of benzene rings is 1. The molecule has 18 heavy (non-hydrogen) atoms. The minimum atomic E-state index is -2.90. The molecule has 0 atom stereocenters. The predicted molar refractivity (Wildman–Crippen MR) is 77.2 cm³/mol. The second-order valence-electron chi connectivity index (χ2n) is 4.46. The minimum absolute atomic E-state index is 0.337. The van der Waals surface area contributed by atoms with E-state index in [1.54, 1.807) is 4.31 Å². The molecule has 1 aliphatic heterocycles. The molecule has 0 amide bonds. The average Bonchev–Trinajstić information content (AvgIpc) is 2.70. The van der Waals surface area contributed by atoms with Gasteiger partial charge in [-0.05, 0) is 24.2 Å². The van der Waals surface area contributed by atoms with Gasteiger partial charge in [0, 0.05) is 18.8 Å². The molecule has 0 radical (unpaired) electrons. The number of rotatable bonds is 6. The zero-order valence-electron chi connectivity index (χ0n) is 10.4. The first-order chi connectivity index (χ1) is 8.68. The fraction of sp³-hybridized carbons (Fsp3) is 0.538. The zero-order chi connectivity index (χ0) is 12.8. The average molecular weight is 285 g/mol. The van der Waals surface area contributed by atoms with E-state index in [-0.39, 0.29) is 0 Å².